The molecular weight excluding hydrogens is 308 g/mol. The third-order valence-electron chi connectivity index (χ3n) is 3.88. The summed E-state index contributed by atoms with van der Waals surface area (Å²) in [5.74, 6) is -0.115. The quantitative estimate of drug-likeness (QED) is 0.851. The van der Waals surface area contributed by atoms with Gasteiger partial charge in [-0.1, -0.05) is 61.5 Å². The smallest absolute Gasteiger partial charge is 0.237 e. The van der Waals surface area contributed by atoms with E-state index in [0.717, 1.165) is 17.5 Å². The lowest BCUT2D eigenvalue weighted by atomic mass is 10.0. The molecule has 2 unspecified atom stereocenters. The van der Waals surface area contributed by atoms with Gasteiger partial charge in [-0.15, -0.1) is 12.4 Å². The molecule has 0 heterocycles. The molecule has 0 fully saturated rings. The summed E-state index contributed by atoms with van der Waals surface area (Å²) in [6.45, 7) is 4.11. The zero-order chi connectivity index (χ0) is 15.9. The molecule has 2 aromatic carbocycles. The molecule has 2 aromatic rings. The fourth-order valence-electron chi connectivity index (χ4n) is 2.41. The molecule has 0 radical (unpaired) electrons. The van der Waals surface area contributed by atoms with Crippen LogP contribution in [-0.2, 0) is 17.6 Å². The molecule has 23 heavy (non-hydrogen) atoms. The van der Waals surface area contributed by atoms with E-state index in [4.69, 9.17) is 5.73 Å². The number of carbonyl (C=O) groups is 1. The van der Waals surface area contributed by atoms with E-state index < -0.39 is 6.04 Å². The largest absolute Gasteiger partial charge is 0.348 e. The van der Waals surface area contributed by atoms with Crippen molar-refractivity contribution in [2.24, 2.45) is 5.73 Å². The fraction of sp³-hybridized carbons (Fsp3) is 0.316. The Bertz CT molecular complexity index is 599. The van der Waals surface area contributed by atoms with Crippen molar-refractivity contribution in [1.29, 1.82) is 0 Å². The standard InChI is InChI=1S/C19H24N2O.ClH/c1-3-15-9-11-17(12-10-15)14(2)21-19(22)18(20)13-16-7-5-4-6-8-16;/h4-12,14,18H,3,13,20H2,1-2H3,(H,21,22);1H. The number of amides is 1. The summed E-state index contributed by atoms with van der Waals surface area (Å²) in [7, 11) is 0. The van der Waals surface area contributed by atoms with E-state index >= 15 is 0 Å². The summed E-state index contributed by atoms with van der Waals surface area (Å²) in [5, 5.41) is 2.99. The van der Waals surface area contributed by atoms with Crippen molar-refractivity contribution in [1.82, 2.24) is 5.32 Å². The normalized spacial score (nSPS) is 12.8. The Labute approximate surface area is 144 Å². The first-order valence-corrected chi connectivity index (χ1v) is 7.79. The van der Waals surface area contributed by atoms with Crippen LogP contribution in [0.2, 0.25) is 0 Å². The number of aryl methyl sites for hydroxylation is 1. The maximum Gasteiger partial charge on any atom is 0.237 e. The van der Waals surface area contributed by atoms with Gasteiger partial charge in [0.2, 0.25) is 5.91 Å². The van der Waals surface area contributed by atoms with E-state index in [1.54, 1.807) is 0 Å². The number of carbonyl (C=O) groups excluding carboxylic acids is 1. The van der Waals surface area contributed by atoms with Crippen LogP contribution >= 0.6 is 12.4 Å². The molecule has 1 amide bonds. The third-order valence-corrected chi connectivity index (χ3v) is 3.88. The summed E-state index contributed by atoms with van der Waals surface area (Å²) in [6, 6.07) is 17.6. The molecule has 0 aliphatic rings. The van der Waals surface area contributed by atoms with Crippen molar-refractivity contribution >= 4 is 18.3 Å². The Morgan fingerprint density at radius 1 is 1.04 bits per heavy atom. The molecule has 124 valence electrons. The maximum absolute atomic E-state index is 12.2. The predicted octanol–water partition coefficient (Wildman–Crippen LogP) is 3.42. The lowest BCUT2D eigenvalue weighted by Gasteiger charge is -2.18. The maximum atomic E-state index is 12.2. The van der Waals surface area contributed by atoms with Crippen molar-refractivity contribution in [2.45, 2.75) is 38.8 Å². The van der Waals surface area contributed by atoms with Crippen LogP contribution in [0.25, 0.3) is 0 Å². The average Bonchev–Trinajstić information content (AvgIpc) is 2.55. The first-order chi connectivity index (χ1) is 10.6. The second-order valence-corrected chi connectivity index (χ2v) is 5.62. The molecule has 0 aliphatic carbocycles. The van der Waals surface area contributed by atoms with Crippen molar-refractivity contribution < 1.29 is 4.79 Å². The van der Waals surface area contributed by atoms with Crippen LogP contribution in [-0.4, -0.2) is 11.9 Å². The Kier molecular flexibility index (Phi) is 7.79. The van der Waals surface area contributed by atoms with Crippen molar-refractivity contribution in [3.05, 3.63) is 71.3 Å². The van der Waals surface area contributed by atoms with E-state index in [-0.39, 0.29) is 24.4 Å². The molecule has 2 rings (SSSR count). The van der Waals surface area contributed by atoms with E-state index in [1.165, 1.54) is 5.56 Å². The predicted molar refractivity (Wildman–Crippen MR) is 97.7 cm³/mol. The second kappa shape index (κ2) is 9.33. The fourth-order valence-corrected chi connectivity index (χ4v) is 2.41. The van der Waals surface area contributed by atoms with E-state index in [9.17, 15) is 4.79 Å². The second-order valence-electron chi connectivity index (χ2n) is 5.62. The van der Waals surface area contributed by atoms with Crippen LogP contribution in [0.15, 0.2) is 54.6 Å². The lowest BCUT2D eigenvalue weighted by Crippen LogP contribution is -2.42. The van der Waals surface area contributed by atoms with E-state index in [2.05, 4.69) is 36.5 Å². The van der Waals surface area contributed by atoms with Crippen LogP contribution in [0, 0.1) is 0 Å². The topological polar surface area (TPSA) is 55.1 Å². The van der Waals surface area contributed by atoms with Gasteiger partial charge in [0, 0.05) is 0 Å². The molecule has 3 N–H and O–H groups in total. The highest BCUT2D eigenvalue weighted by Gasteiger charge is 2.17. The first-order valence-electron chi connectivity index (χ1n) is 7.79. The number of hydrogen-bond donors (Lipinski definition) is 2. The highest BCUT2D eigenvalue weighted by Crippen LogP contribution is 2.14. The van der Waals surface area contributed by atoms with Gasteiger partial charge in [-0.2, -0.15) is 0 Å². The highest BCUT2D eigenvalue weighted by atomic mass is 35.5. The van der Waals surface area contributed by atoms with Gasteiger partial charge in [0.25, 0.3) is 0 Å². The van der Waals surface area contributed by atoms with Gasteiger partial charge in [0.05, 0.1) is 12.1 Å². The third kappa shape index (κ3) is 5.70. The number of rotatable bonds is 6. The zero-order valence-corrected chi connectivity index (χ0v) is 14.5. The molecule has 0 spiro atoms. The van der Waals surface area contributed by atoms with Crippen LogP contribution in [0.5, 0.6) is 0 Å². The summed E-state index contributed by atoms with van der Waals surface area (Å²) in [4.78, 5) is 12.2. The number of nitrogens with one attached hydrogen (secondary N) is 1. The molecule has 0 bridgehead atoms. The summed E-state index contributed by atoms with van der Waals surface area (Å²) in [6.07, 6.45) is 1.57. The Morgan fingerprint density at radius 2 is 1.65 bits per heavy atom. The highest BCUT2D eigenvalue weighted by molar-refractivity contribution is 5.85. The van der Waals surface area contributed by atoms with Gasteiger partial charge in [-0.3, -0.25) is 4.79 Å². The number of hydrogen-bond acceptors (Lipinski definition) is 2. The monoisotopic (exact) mass is 332 g/mol. The zero-order valence-electron chi connectivity index (χ0n) is 13.7. The molecule has 2 atom stereocenters. The first kappa shape index (κ1) is 19.2. The number of nitrogens with two attached hydrogens (primary N) is 1. The van der Waals surface area contributed by atoms with Gasteiger partial charge in [0.15, 0.2) is 0 Å². The SMILES string of the molecule is CCc1ccc(C(C)NC(=O)C(N)Cc2ccccc2)cc1.Cl. The molecular formula is C19H25ClN2O. The number of benzene rings is 2. The van der Waals surface area contributed by atoms with Gasteiger partial charge < -0.3 is 11.1 Å². The van der Waals surface area contributed by atoms with Gasteiger partial charge >= 0.3 is 0 Å². The minimum Gasteiger partial charge on any atom is -0.348 e. The van der Waals surface area contributed by atoms with Crippen LogP contribution in [0.4, 0.5) is 0 Å². The van der Waals surface area contributed by atoms with E-state index in [0.29, 0.717) is 6.42 Å². The summed E-state index contributed by atoms with van der Waals surface area (Å²) >= 11 is 0. The van der Waals surface area contributed by atoms with Crippen LogP contribution in [0.3, 0.4) is 0 Å². The molecule has 3 nitrogen and oxygen atoms in total. The van der Waals surface area contributed by atoms with Crippen molar-refractivity contribution in [3.63, 3.8) is 0 Å². The summed E-state index contributed by atoms with van der Waals surface area (Å²) in [5.41, 5.74) is 9.47. The Hall–Kier alpha value is -1.84. The van der Waals surface area contributed by atoms with Gasteiger partial charge in [0.1, 0.15) is 0 Å². The average molecular weight is 333 g/mol. The van der Waals surface area contributed by atoms with Crippen molar-refractivity contribution in [3.8, 4) is 0 Å². The van der Waals surface area contributed by atoms with E-state index in [1.807, 2.05) is 37.3 Å². The minimum absolute atomic E-state index is 0. The lowest BCUT2D eigenvalue weighted by molar-refractivity contribution is -0.123. The van der Waals surface area contributed by atoms with Crippen LogP contribution in [0.1, 0.15) is 36.6 Å². The number of halogens is 1. The summed E-state index contributed by atoms with van der Waals surface area (Å²) < 4.78 is 0. The van der Waals surface area contributed by atoms with Gasteiger partial charge in [-0.25, -0.2) is 0 Å². The minimum atomic E-state index is -0.528. The molecule has 0 saturated carbocycles. The molecule has 0 aromatic heterocycles. The Balaban J connectivity index is 0.00000264. The molecule has 4 heteroatoms. The van der Waals surface area contributed by atoms with Crippen LogP contribution < -0.4 is 11.1 Å². The Morgan fingerprint density at radius 3 is 2.22 bits per heavy atom. The molecule has 0 aliphatic heterocycles. The van der Waals surface area contributed by atoms with Crippen molar-refractivity contribution in [2.75, 3.05) is 0 Å². The molecule has 0 saturated heterocycles. The van der Waals surface area contributed by atoms with Gasteiger partial charge in [-0.05, 0) is 36.5 Å².